The van der Waals surface area contributed by atoms with Crippen molar-refractivity contribution in [3.8, 4) is 0 Å². The highest BCUT2D eigenvalue weighted by molar-refractivity contribution is 7.90. The number of nitrogens with zero attached hydrogens (tertiary/aromatic N) is 1. The molecule has 0 fully saturated rings. The molecule has 29 heavy (non-hydrogen) atoms. The number of carbonyl (C=O) groups excluding carboxylic acids is 2. The number of sulfonamides is 1. The average molecular weight is 418 g/mol. The Morgan fingerprint density at radius 3 is 2.41 bits per heavy atom. The smallest absolute Gasteiger partial charge is 0.328 e. The number of carbonyl (C=O) groups is 2. The number of rotatable bonds is 5. The minimum Gasteiger partial charge on any atom is -0.340 e. The van der Waals surface area contributed by atoms with E-state index in [-0.39, 0.29) is 16.6 Å². The molecule has 3 amide bonds. The topological polar surface area (TPSA) is 109 Å². The van der Waals surface area contributed by atoms with Crippen molar-refractivity contribution in [1.29, 1.82) is 0 Å². The summed E-state index contributed by atoms with van der Waals surface area (Å²) in [4.78, 5) is 23.7. The second kappa shape index (κ2) is 7.92. The predicted octanol–water partition coefficient (Wildman–Crippen LogP) is 2.60. The minimum absolute atomic E-state index is 0.126. The van der Waals surface area contributed by atoms with Gasteiger partial charge in [-0.05, 0) is 49.4 Å². The lowest BCUT2D eigenvalue weighted by atomic mass is 10.2. The number of aromatic nitrogens is 1. The Kier molecular flexibility index (Phi) is 5.55. The zero-order valence-electron chi connectivity index (χ0n) is 15.6. The van der Waals surface area contributed by atoms with E-state index < -0.39 is 22.1 Å². The Balaban J connectivity index is 1.75. The first-order chi connectivity index (χ1) is 13.7. The molecule has 2 aromatic carbocycles. The number of hydrogen-bond donors (Lipinski definition) is 3. The quantitative estimate of drug-likeness (QED) is 0.592. The summed E-state index contributed by atoms with van der Waals surface area (Å²) in [6.07, 6.45) is 1.64. The van der Waals surface area contributed by atoms with E-state index in [0.29, 0.717) is 16.6 Å². The molecular weight excluding hydrogens is 399 g/mol. The Morgan fingerprint density at radius 2 is 1.76 bits per heavy atom. The summed E-state index contributed by atoms with van der Waals surface area (Å²) in [6, 6.07) is 10.1. The number of nitrogens with one attached hydrogen (secondary N) is 3. The van der Waals surface area contributed by atoms with Crippen LogP contribution in [0, 0.1) is 5.82 Å². The number of hydrogen-bond acceptors (Lipinski definition) is 4. The first-order valence-corrected chi connectivity index (χ1v) is 10.1. The van der Waals surface area contributed by atoms with Crippen LogP contribution in [0.3, 0.4) is 0 Å². The Hall–Kier alpha value is -3.40. The number of fused-ring (bicyclic) bond motifs is 1. The van der Waals surface area contributed by atoms with Gasteiger partial charge in [-0.3, -0.25) is 4.79 Å². The van der Waals surface area contributed by atoms with E-state index in [0.717, 1.165) is 0 Å². The Labute approximate surface area is 166 Å². The first-order valence-electron chi connectivity index (χ1n) is 8.63. The second-order valence-corrected chi connectivity index (χ2v) is 7.95. The van der Waals surface area contributed by atoms with Crippen LogP contribution in [0.15, 0.2) is 59.6 Å². The van der Waals surface area contributed by atoms with Crippen LogP contribution in [-0.2, 0) is 14.8 Å². The average Bonchev–Trinajstić information content (AvgIpc) is 3.12. The van der Waals surface area contributed by atoms with Gasteiger partial charge in [0, 0.05) is 24.3 Å². The molecule has 0 aliphatic carbocycles. The largest absolute Gasteiger partial charge is 0.340 e. The predicted molar refractivity (Wildman–Crippen MR) is 106 cm³/mol. The van der Waals surface area contributed by atoms with Gasteiger partial charge < -0.3 is 15.2 Å². The summed E-state index contributed by atoms with van der Waals surface area (Å²) in [5.41, 5.74) is 0.970. The van der Waals surface area contributed by atoms with Crippen LogP contribution in [0.2, 0.25) is 0 Å². The van der Waals surface area contributed by atoms with Crippen molar-refractivity contribution in [2.24, 2.45) is 0 Å². The minimum atomic E-state index is -4.01. The first kappa shape index (κ1) is 20.3. The van der Waals surface area contributed by atoms with Gasteiger partial charge in [-0.25, -0.2) is 22.3 Å². The molecule has 0 saturated heterocycles. The molecule has 0 radical (unpaired) electrons. The molecule has 8 nitrogen and oxygen atoms in total. The number of urea groups is 1. The van der Waals surface area contributed by atoms with E-state index in [1.807, 2.05) is 4.72 Å². The van der Waals surface area contributed by atoms with Gasteiger partial charge in [0.25, 0.3) is 10.0 Å². The molecule has 3 N–H and O–H groups in total. The van der Waals surface area contributed by atoms with Crippen LogP contribution in [0.4, 0.5) is 14.9 Å². The second-order valence-electron chi connectivity index (χ2n) is 6.27. The van der Waals surface area contributed by atoms with Gasteiger partial charge in [-0.1, -0.05) is 6.07 Å². The third-order valence-electron chi connectivity index (χ3n) is 4.39. The van der Waals surface area contributed by atoms with E-state index in [9.17, 15) is 22.4 Å². The molecule has 0 bridgehead atoms. The van der Waals surface area contributed by atoms with E-state index in [4.69, 9.17) is 0 Å². The molecular formula is C19H19FN4O4S. The molecule has 0 aliphatic heterocycles. The van der Waals surface area contributed by atoms with Crippen molar-refractivity contribution >= 4 is 38.6 Å². The van der Waals surface area contributed by atoms with Crippen molar-refractivity contribution in [1.82, 2.24) is 14.6 Å². The monoisotopic (exact) mass is 418 g/mol. The van der Waals surface area contributed by atoms with E-state index in [2.05, 4.69) is 10.6 Å². The molecule has 1 atom stereocenters. The maximum atomic E-state index is 13.9. The number of halogens is 1. The summed E-state index contributed by atoms with van der Waals surface area (Å²) in [6.45, 7) is 1.67. The van der Waals surface area contributed by atoms with E-state index in [1.165, 1.54) is 37.4 Å². The fourth-order valence-electron chi connectivity index (χ4n) is 2.81. The van der Waals surface area contributed by atoms with Gasteiger partial charge in [0.2, 0.25) is 5.91 Å². The summed E-state index contributed by atoms with van der Waals surface area (Å²) in [5.74, 6) is -0.720. The molecule has 0 saturated carbocycles. The maximum Gasteiger partial charge on any atom is 0.328 e. The van der Waals surface area contributed by atoms with Crippen LogP contribution in [0.5, 0.6) is 0 Å². The normalized spacial score (nSPS) is 12.4. The zero-order chi connectivity index (χ0) is 21.2. The van der Waals surface area contributed by atoms with Crippen LogP contribution in [0.25, 0.3) is 10.9 Å². The van der Waals surface area contributed by atoms with Gasteiger partial charge in [-0.2, -0.15) is 0 Å². The third kappa shape index (κ3) is 4.21. The number of anilines is 1. The summed E-state index contributed by atoms with van der Waals surface area (Å²) in [5, 5.41) is 5.27. The van der Waals surface area contributed by atoms with Crippen molar-refractivity contribution in [3.63, 3.8) is 0 Å². The molecule has 3 rings (SSSR count). The summed E-state index contributed by atoms with van der Waals surface area (Å²) in [7, 11) is -2.71. The third-order valence-corrected chi connectivity index (χ3v) is 5.74. The van der Waals surface area contributed by atoms with Crippen LogP contribution >= 0.6 is 0 Å². The number of benzene rings is 2. The number of amides is 3. The highest BCUT2D eigenvalue weighted by Gasteiger charge is 2.19. The highest BCUT2D eigenvalue weighted by Crippen LogP contribution is 2.23. The standard InChI is InChI=1S/C19H19FN4O4S/c1-12(24-11-10-15-16(20)4-3-5-17(15)24)18(25)22-13-6-8-14(9-7-13)29(27,28)23-19(26)21-2/h3-12H,1-2H3,(H,22,25)(H2,21,23,26). The molecule has 3 aromatic rings. The van der Waals surface area contributed by atoms with Crippen molar-refractivity contribution in [2.75, 3.05) is 12.4 Å². The lowest BCUT2D eigenvalue weighted by molar-refractivity contribution is -0.118. The lowest BCUT2D eigenvalue weighted by Gasteiger charge is -2.16. The SMILES string of the molecule is CNC(=O)NS(=O)(=O)c1ccc(NC(=O)C(C)n2ccc3c(F)cccc32)cc1. The summed E-state index contributed by atoms with van der Waals surface area (Å²) < 4.78 is 41.5. The van der Waals surface area contributed by atoms with Crippen molar-refractivity contribution in [3.05, 3.63) is 60.5 Å². The van der Waals surface area contributed by atoms with Crippen LogP contribution < -0.4 is 15.4 Å². The van der Waals surface area contributed by atoms with Crippen molar-refractivity contribution in [2.45, 2.75) is 17.9 Å². The van der Waals surface area contributed by atoms with Crippen LogP contribution in [-0.4, -0.2) is 32.0 Å². The molecule has 1 aromatic heterocycles. The molecule has 0 aliphatic rings. The lowest BCUT2D eigenvalue weighted by Crippen LogP contribution is -2.37. The van der Waals surface area contributed by atoms with E-state index >= 15 is 0 Å². The van der Waals surface area contributed by atoms with Gasteiger partial charge in [-0.15, -0.1) is 0 Å². The van der Waals surface area contributed by atoms with Crippen molar-refractivity contribution < 1.29 is 22.4 Å². The highest BCUT2D eigenvalue weighted by atomic mass is 32.2. The zero-order valence-corrected chi connectivity index (χ0v) is 16.5. The molecule has 10 heteroatoms. The molecule has 152 valence electrons. The van der Waals surface area contributed by atoms with Gasteiger partial charge in [0.15, 0.2) is 0 Å². The summed E-state index contributed by atoms with van der Waals surface area (Å²) >= 11 is 0. The Bertz CT molecular complexity index is 1170. The fourth-order valence-corrected chi connectivity index (χ4v) is 3.77. The van der Waals surface area contributed by atoms with E-state index in [1.54, 1.807) is 35.9 Å². The molecule has 0 spiro atoms. The van der Waals surface area contributed by atoms with Crippen LogP contribution in [0.1, 0.15) is 13.0 Å². The van der Waals surface area contributed by atoms with Gasteiger partial charge >= 0.3 is 6.03 Å². The fraction of sp³-hybridized carbons (Fsp3) is 0.158. The van der Waals surface area contributed by atoms with Gasteiger partial charge in [0.05, 0.1) is 10.4 Å². The van der Waals surface area contributed by atoms with Gasteiger partial charge in [0.1, 0.15) is 11.9 Å². The Morgan fingerprint density at radius 1 is 1.07 bits per heavy atom. The molecule has 1 heterocycles. The maximum absolute atomic E-state index is 13.9. The molecule has 1 unspecified atom stereocenters.